The summed E-state index contributed by atoms with van der Waals surface area (Å²) in [7, 11) is -3.31. The van der Waals surface area contributed by atoms with Crippen molar-refractivity contribution in [1.29, 1.82) is 0 Å². The van der Waals surface area contributed by atoms with Crippen molar-refractivity contribution in [2.45, 2.75) is 17.7 Å². The predicted octanol–water partition coefficient (Wildman–Crippen LogP) is 1.50. The van der Waals surface area contributed by atoms with Crippen LogP contribution in [0, 0.1) is 0 Å². The SMILES string of the molecule is CCNCc1csc(S(=O)(=O)NCCSC)c1. The molecule has 0 amide bonds. The molecule has 1 rings (SSSR count). The number of hydrogen-bond acceptors (Lipinski definition) is 5. The standard InChI is InChI=1S/C10H18N2O2S3/c1-3-11-7-9-6-10(16-8-9)17(13,14)12-4-5-15-2/h6,8,11-12H,3-5,7H2,1-2H3. The zero-order chi connectivity index (χ0) is 12.7. The van der Waals surface area contributed by atoms with E-state index in [1.165, 1.54) is 11.3 Å². The Morgan fingerprint density at radius 1 is 1.47 bits per heavy atom. The molecular weight excluding hydrogens is 276 g/mol. The maximum atomic E-state index is 11.9. The number of thiophene rings is 1. The number of thioether (sulfide) groups is 1. The summed E-state index contributed by atoms with van der Waals surface area (Å²) in [5, 5.41) is 5.05. The zero-order valence-electron chi connectivity index (χ0n) is 10.0. The van der Waals surface area contributed by atoms with Gasteiger partial charge in [0, 0.05) is 18.8 Å². The molecule has 98 valence electrons. The molecule has 1 aromatic rings. The van der Waals surface area contributed by atoms with E-state index in [1.807, 2.05) is 18.6 Å². The van der Waals surface area contributed by atoms with E-state index < -0.39 is 10.0 Å². The van der Waals surface area contributed by atoms with E-state index in [9.17, 15) is 8.42 Å². The van der Waals surface area contributed by atoms with Gasteiger partial charge in [0.25, 0.3) is 0 Å². The molecule has 0 fully saturated rings. The Balaban J connectivity index is 2.61. The van der Waals surface area contributed by atoms with Gasteiger partial charge in [0.2, 0.25) is 10.0 Å². The van der Waals surface area contributed by atoms with Crippen LogP contribution in [0.1, 0.15) is 12.5 Å². The summed E-state index contributed by atoms with van der Waals surface area (Å²) in [6.07, 6.45) is 1.95. The molecule has 7 heteroatoms. The first kappa shape index (κ1) is 15.0. The third kappa shape index (κ3) is 4.97. The maximum absolute atomic E-state index is 11.9. The third-order valence-electron chi connectivity index (χ3n) is 2.07. The van der Waals surface area contributed by atoms with Crippen molar-refractivity contribution in [3.05, 3.63) is 17.0 Å². The lowest BCUT2D eigenvalue weighted by molar-refractivity contribution is 0.586. The van der Waals surface area contributed by atoms with Gasteiger partial charge in [-0.3, -0.25) is 0 Å². The van der Waals surface area contributed by atoms with E-state index in [2.05, 4.69) is 10.0 Å². The largest absolute Gasteiger partial charge is 0.313 e. The fourth-order valence-electron chi connectivity index (χ4n) is 1.21. The minimum Gasteiger partial charge on any atom is -0.313 e. The molecule has 0 aromatic carbocycles. The van der Waals surface area contributed by atoms with Crippen molar-refractivity contribution in [2.24, 2.45) is 0 Å². The summed E-state index contributed by atoms with van der Waals surface area (Å²) in [5.41, 5.74) is 1.02. The van der Waals surface area contributed by atoms with Crippen LogP contribution in [0.2, 0.25) is 0 Å². The van der Waals surface area contributed by atoms with E-state index in [0.29, 0.717) is 17.3 Å². The van der Waals surface area contributed by atoms with Crippen molar-refractivity contribution in [3.63, 3.8) is 0 Å². The molecule has 0 atom stereocenters. The van der Waals surface area contributed by atoms with Crippen molar-refractivity contribution in [2.75, 3.05) is 25.1 Å². The normalized spacial score (nSPS) is 11.9. The van der Waals surface area contributed by atoms with Crippen LogP contribution in [0.3, 0.4) is 0 Å². The molecule has 2 N–H and O–H groups in total. The number of nitrogens with one attached hydrogen (secondary N) is 2. The zero-order valence-corrected chi connectivity index (χ0v) is 12.5. The quantitative estimate of drug-likeness (QED) is 0.713. The molecule has 0 saturated heterocycles. The van der Waals surface area contributed by atoms with E-state index in [1.54, 1.807) is 17.8 Å². The highest BCUT2D eigenvalue weighted by Crippen LogP contribution is 2.19. The first-order valence-electron chi connectivity index (χ1n) is 5.37. The summed E-state index contributed by atoms with van der Waals surface area (Å²) < 4.78 is 26.7. The van der Waals surface area contributed by atoms with Crippen LogP contribution in [-0.2, 0) is 16.6 Å². The molecule has 0 unspecified atom stereocenters. The Labute approximate surface area is 111 Å². The Kier molecular flexibility index (Phi) is 6.50. The molecule has 17 heavy (non-hydrogen) atoms. The van der Waals surface area contributed by atoms with E-state index in [-0.39, 0.29) is 0 Å². The third-order valence-corrected chi connectivity index (χ3v) is 5.63. The fourth-order valence-corrected chi connectivity index (χ4v) is 3.93. The summed E-state index contributed by atoms with van der Waals surface area (Å²) >= 11 is 2.89. The minimum absolute atomic E-state index is 0.395. The van der Waals surface area contributed by atoms with Crippen molar-refractivity contribution in [3.8, 4) is 0 Å². The van der Waals surface area contributed by atoms with E-state index in [0.717, 1.165) is 17.9 Å². The number of hydrogen-bond donors (Lipinski definition) is 2. The first-order chi connectivity index (χ1) is 8.10. The second-order valence-corrected chi connectivity index (χ2v) is 7.34. The second kappa shape index (κ2) is 7.38. The van der Waals surface area contributed by atoms with Crippen LogP contribution in [0.4, 0.5) is 0 Å². The molecule has 0 aliphatic heterocycles. The Hall–Kier alpha value is -0.0800. The summed E-state index contributed by atoms with van der Waals surface area (Å²) in [4.78, 5) is 0. The average Bonchev–Trinajstić information content (AvgIpc) is 2.76. The lowest BCUT2D eigenvalue weighted by Gasteiger charge is -2.02. The second-order valence-electron chi connectivity index (χ2n) is 3.44. The highest BCUT2D eigenvalue weighted by molar-refractivity contribution is 7.98. The molecule has 0 aliphatic rings. The van der Waals surface area contributed by atoms with Gasteiger partial charge < -0.3 is 5.32 Å². The highest BCUT2D eigenvalue weighted by atomic mass is 32.2. The molecule has 0 aliphatic carbocycles. The molecule has 4 nitrogen and oxygen atoms in total. The monoisotopic (exact) mass is 294 g/mol. The topological polar surface area (TPSA) is 58.2 Å². The molecule has 0 radical (unpaired) electrons. The molecule has 0 saturated carbocycles. The molecule has 0 spiro atoms. The van der Waals surface area contributed by atoms with Gasteiger partial charge in [-0.25, -0.2) is 13.1 Å². The van der Waals surface area contributed by atoms with Gasteiger partial charge in [0.15, 0.2) is 0 Å². The summed E-state index contributed by atoms with van der Waals surface area (Å²) in [6, 6.07) is 1.73. The molecular formula is C10H18N2O2S3. The Morgan fingerprint density at radius 2 is 2.24 bits per heavy atom. The fraction of sp³-hybridized carbons (Fsp3) is 0.600. The van der Waals surface area contributed by atoms with Gasteiger partial charge in [-0.15, -0.1) is 11.3 Å². The van der Waals surface area contributed by atoms with Gasteiger partial charge in [0.1, 0.15) is 4.21 Å². The Bertz CT molecular complexity index is 429. The number of sulfonamides is 1. The van der Waals surface area contributed by atoms with Crippen molar-refractivity contribution < 1.29 is 8.42 Å². The lowest BCUT2D eigenvalue weighted by atomic mass is 10.3. The number of rotatable bonds is 8. The molecule has 1 aromatic heterocycles. The lowest BCUT2D eigenvalue weighted by Crippen LogP contribution is -2.25. The van der Waals surface area contributed by atoms with Crippen LogP contribution in [0.5, 0.6) is 0 Å². The highest BCUT2D eigenvalue weighted by Gasteiger charge is 2.15. The maximum Gasteiger partial charge on any atom is 0.250 e. The first-order valence-corrected chi connectivity index (χ1v) is 9.12. The minimum atomic E-state index is -3.31. The van der Waals surface area contributed by atoms with Gasteiger partial charge >= 0.3 is 0 Å². The van der Waals surface area contributed by atoms with Crippen LogP contribution in [0.25, 0.3) is 0 Å². The summed E-state index contributed by atoms with van der Waals surface area (Å²) in [6.45, 7) is 4.09. The predicted molar refractivity (Wildman–Crippen MR) is 75.3 cm³/mol. The van der Waals surface area contributed by atoms with Gasteiger partial charge in [0.05, 0.1) is 0 Å². The van der Waals surface area contributed by atoms with Gasteiger partial charge in [-0.1, -0.05) is 6.92 Å². The smallest absolute Gasteiger partial charge is 0.250 e. The van der Waals surface area contributed by atoms with Gasteiger partial charge in [-0.05, 0) is 29.8 Å². The van der Waals surface area contributed by atoms with E-state index in [4.69, 9.17) is 0 Å². The Morgan fingerprint density at radius 3 is 2.88 bits per heavy atom. The van der Waals surface area contributed by atoms with Crippen LogP contribution < -0.4 is 10.0 Å². The van der Waals surface area contributed by atoms with Crippen molar-refractivity contribution in [1.82, 2.24) is 10.0 Å². The molecule has 1 heterocycles. The van der Waals surface area contributed by atoms with Crippen LogP contribution >= 0.6 is 23.1 Å². The van der Waals surface area contributed by atoms with Gasteiger partial charge in [-0.2, -0.15) is 11.8 Å². The molecule has 0 bridgehead atoms. The van der Waals surface area contributed by atoms with Crippen molar-refractivity contribution >= 4 is 33.1 Å². The summed E-state index contributed by atoms with van der Waals surface area (Å²) in [5.74, 6) is 0.787. The average molecular weight is 294 g/mol. The van der Waals surface area contributed by atoms with Crippen LogP contribution in [-0.4, -0.2) is 33.5 Å². The van der Waals surface area contributed by atoms with Crippen LogP contribution in [0.15, 0.2) is 15.7 Å². The van der Waals surface area contributed by atoms with E-state index >= 15 is 0 Å².